The SMILES string of the molecule is CCCCCCCCCCCCOCc1cn([C@H]2C[C@H](NCC)[C@@H](CO)O2)c(=O)[nH]c1=O. The van der Waals surface area contributed by atoms with Gasteiger partial charge in [0, 0.05) is 25.3 Å². The van der Waals surface area contributed by atoms with E-state index in [0.29, 0.717) is 18.6 Å². The van der Waals surface area contributed by atoms with Crippen LogP contribution >= 0.6 is 0 Å². The molecule has 0 saturated carbocycles. The Morgan fingerprint density at radius 2 is 1.75 bits per heavy atom. The fourth-order valence-corrected chi connectivity index (χ4v) is 4.27. The van der Waals surface area contributed by atoms with Crippen LogP contribution in [0.15, 0.2) is 15.8 Å². The highest BCUT2D eigenvalue weighted by atomic mass is 16.5. The van der Waals surface area contributed by atoms with E-state index in [0.717, 1.165) is 19.4 Å². The molecule has 1 fully saturated rings. The van der Waals surface area contributed by atoms with E-state index >= 15 is 0 Å². The Kier molecular flexibility index (Phi) is 12.9. The van der Waals surface area contributed by atoms with Gasteiger partial charge in [0.1, 0.15) is 6.23 Å². The number of aliphatic hydroxyl groups excluding tert-OH is 1. The van der Waals surface area contributed by atoms with Crippen molar-refractivity contribution in [2.75, 3.05) is 19.8 Å². The number of unbranched alkanes of at least 4 members (excludes halogenated alkanes) is 9. The van der Waals surface area contributed by atoms with Crippen LogP contribution in [0.1, 0.15) is 96.3 Å². The number of aromatic nitrogens is 2. The predicted octanol–water partition coefficient (Wildman–Crippen LogP) is 3.23. The lowest BCUT2D eigenvalue weighted by molar-refractivity contribution is -0.0292. The summed E-state index contributed by atoms with van der Waals surface area (Å²) in [6, 6.07) is -0.0372. The van der Waals surface area contributed by atoms with Crippen molar-refractivity contribution in [3.63, 3.8) is 0 Å². The third-order valence-electron chi connectivity index (χ3n) is 6.13. The summed E-state index contributed by atoms with van der Waals surface area (Å²) in [6.07, 6.45) is 13.8. The monoisotopic (exact) mass is 453 g/mol. The molecule has 8 nitrogen and oxygen atoms in total. The maximum absolute atomic E-state index is 12.3. The van der Waals surface area contributed by atoms with Crippen molar-refractivity contribution in [1.29, 1.82) is 0 Å². The van der Waals surface area contributed by atoms with Crippen LogP contribution in [0.25, 0.3) is 0 Å². The molecule has 3 atom stereocenters. The molecule has 184 valence electrons. The Hall–Kier alpha value is -1.48. The lowest BCUT2D eigenvalue weighted by Gasteiger charge is -2.16. The van der Waals surface area contributed by atoms with Crippen LogP contribution in [0.5, 0.6) is 0 Å². The second kappa shape index (κ2) is 15.4. The zero-order valence-corrected chi connectivity index (χ0v) is 19.9. The smallest absolute Gasteiger partial charge is 0.330 e. The largest absolute Gasteiger partial charge is 0.394 e. The molecule has 0 bridgehead atoms. The second-order valence-corrected chi connectivity index (χ2v) is 8.77. The van der Waals surface area contributed by atoms with Crippen LogP contribution in [-0.4, -0.2) is 46.6 Å². The summed E-state index contributed by atoms with van der Waals surface area (Å²) >= 11 is 0. The van der Waals surface area contributed by atoms with Crippen LogP contribution in [0.4, 0.5) is 0 Å². The summed E-state index contributed by atoms with van der Waals surface area (Å²) < 4.78 is 12.9. The number of hydrogen-bond acceptors (Lipinski definition) is 6. The zero-order chi connectivity index (χ0) is 23.2. The van der Waals surface area contributed by atoms with Crippen LogP contribution in [0.2, 0.25) is 0 Å². The summed E-state index contributed by atoms with van der Waals surface area (Å²) in [5.41, 5.74) is -0.519. The Labute approximate surface area is 191 Å². The van der Waals surface area contributed by atoms with Gasteiger partial charge in [-0.05, 0) is 13.0 Å². The normalized spacial score (nSPS) is 20.8. The number of rotatable bonds is 17. The fourth-order valence-electron chi connectivity index (χ4n) is 4.27. The fraction of sp³-hybridized carbons (Fsp3) is 0.833. The molecule has 0 spiro atoms. The summed E-state index contributed by atoms with van der Waals surface area (Å²) in [7, 11) is 0. The second-order valence-electron chi connectivity index (χ2n) is 8.77. The van der Waals surface area contributed by atoms with E-state index in [1.54, 1.807) is 0 Å². The molecule has 0 radical (unpaired) electrons. The molecular weight excluding hydrogens is 410 g/mol. The van der Waals surface area contributed by atoms with Crippen molar-refractivity contribution in [2.24, 2.45) is 0 Å². The molecule has 2 rings (SSSR count). The summed E-state index contributed by atoms with van der Waals surface area (Å²) in [6.45, 7) is 5.62. The van der Waals surface area contributed by atoms with E-state index < -0.39 is 17.5 Å². The number of nitrogens with zero attached hydrogens (tertiary/aromatic N) is 1. The number of likely N-dealkylation sites (N-methyl/N-ethyl adjacent to an activating group) is 1. The van der Waals surface area contributed by atoms with Gasteiger partial charge in [0.2, 0.25) is 0 Å². The van der Waals surface area contributed by atoms with Gasteiger partial charge in [0.05, 0.1) is 24.9 Å². The third-order valence-corrected chi connectivity index (χ3v) is 6.13. The van der Waals surface area contributed by atoms with E-state index in [9.17, 15) is 14.7 Å². The Morgan fingerprint density at radius 3 is 2.38 bits per heavy atom. The first-order valence-corrected chi connectivity index (χ1v) is 12.5. The lowest BCUT2D eigenvalue weighted by atomic mass is 10.1. The molecule has 2 heterocycles. The van der Waals surface area contributed by atoms with E-state index in [-0.39, 0.29) is 25.4 Å². The van der Waals surface area contributed by atoms with Crippen molar-refractivity contribution >= 4 is 0 Å². The molecule has 1 aromatic rings. The highest BCUT2D eigenvalue weighted by Crippen LogP contribution is 2.27. The molecule has 0 amide bonds. The van der Waals surface area contributed by atoms with Crippen molar-refractivity contribution in [2.45, 2.75) is 109 Å². The summed E-state index contributed by atoms with van der Waals surface area (Å²) in [5, 5.41) is 12.8. The number of hydrogen-bond donors (Lipinski definition) is 3. The van der Waals surface area contributed by atoms with Gasteiger partial charge >= 0.3 is 5.69 Å². The van der Waals surface area contributed by atoms with Gasteiger partial charge in [0.25, 0.3) is 5.56 Å². The van der Waals surface area contributed by atoms with Crippen LogP contribution in [0, 0.1) is 0 Å². The highest BCUT2D eigenvalue weighted by molar-refractivity contribution is 5.04. The molecule has 0 aliphatic carbocycles. The zero-order valence-electron chi connectivity index (χ0n) is 19.9. The topological polar surface area (TPSA) is 106 Å². The summed E-state index contributed by atoms with van der Waals surface area (Å²) in [4.78, 5) is 26.9. The van der Waals surface area contributed by atoms with E-state index in [1.807, 2.05) is 6.92 Å². The first-order chi connectivity index (χ1) is 15.6. The van der Waals surface area contributed by atoms with Gasteiger partial charge in [-0.1, -0.05) is 71.6 Å². The van der Waals surface area contributed by atoms with Gasteiger partial charge < -0.3 is 19.9 Å². The van der Waals surface area contributed by atoms with Crippen molar-refractivity contribution < 1.29 is 14.6 Å². The molecule has 1 saturated heterocycles. The number of aliphatic hydroxyl groups is 1. The first kappa shape index (κ1) is 26.8. The highest BCUT2D eigenvalue weighted by Gasteiger charge is 2.35. The minimum Gasteiger partial charge on any atom is -0.394 e. The van der Waals surface area contributed by atoms with E-state index in [2.05, 4.69) is 17.2 Å². The minimum atomic E-state index is -0.527. The maximum Gasteiger partial charge on any atom is 0.330 e. The molecule has 32 heavy (non-hydrogen) atoms. The average Bonchev–Trinajstić information content (AvgIpc) is 3.18. The number of nitrogens with one attached hydrogen (secondary N) is 2. The molecule has 0 aromatic carbocycles. The van der Waals surface area contributed by atoms with Gasteiger partial charge in [-0.25, -0.2) is 4.79 Å². The van der Waals surface area contributed by atoms with Crippen LogP contribution < -0.4 is 16.6 Å². The Balaban J connectivity index is 1.72. The molecular formula is C24H43N3O5. The first-order valence-electron chi connectivity index (χ1n) is 12.5. The maximum atomic E-state index is 12.3. The van der Waals surface area contributed by atoms with Gasteiger partial charge in [-0.3, -0.25) is 14.3 Å². The lowest BCUT2D eigenvalue weighted by Crippen LogP contribution is -2.38. The van der Waals surface area contributed by atoms with Crippen molar-refractivity contribution in [1.82, 2.24) is 14.9 Å². The number of H-pyrrole nitrogens is 1. The van der Waals surface area contributed by atoms with E-state index in [1.165, 1.54) is 62.1 Å². The Bertz CT molecular complexity index is 748. The quantitative estimate of drug-likeness (QED) is 0.313. The predicted molar refractivity (Wildman–Crippen MR) is 126 cm³/mol. The van der Waals surface area contributed by atoms with Crippen molar-refractivity contribution in [3.05, 3.63) is 32.6 Å². The van der Waals surface area contributed by atoms with Crippen molar-refractivity contribution in [3.8, 4) is 0 Å². The molecule has 0 unspecified atom stereocenters. The molecule has 3 N–H and O–H groups in total. The van der Waals surface area contributed by atoms with Crippen LogP contribution in [-0.2, 0) is 16.1 Å². The summed E-state index contributed by atoms with van der Waals surface area (Å²) in [5.74, 6) is 0. The molecule has 8 heteroatoms. The number of aromatic amines is 1. The average molecular weight is 454 g/mol. The van der Waals surface area contributed by atoms with E-state index in [4.69, 9.17) is 9.47 Å². The molecule has 1 aliphatic heterocycles. The molecule has 1 aromatic heterocycles. The standard InChI is InChI=1S/C24H43N3O5/c1-3-5-6-7-8-9-10-11-12-13-14-31-18-19-16-27(24(30)26-23(19)29)22-15-20(25-4-2)21(17-28)32-22/h16,20-22,25,28H,3-15,17-18H2,1-2H3,(H,26,29,30)/t20-,21+,22+/m0/s1. The number of ether oxygens (including phenoxy) is 2. The van der Waals surface area contributed by atoms with Gasteiger partial charge in [-0.2, -0.15) is 0 Å². The Morgan fingerprint density at radius 1 is 1.09 bits per heavy atom. The molecule has 1 aliphatic rings. The minimum absolute atomic E-state index is 0.0372. The third kappa shape index (κ3) is 8.81. The van der Waals surface area contributed by atoms with Gasteiger partial charge in [-0.15, -0.1) is 0 Å². The van der Waals surface area contributed by atoms with Gasteiger partial charge in [0.15, 0.2) is 0 Å². The van der Waals surface area contributed by atoms with Crippen LogP contribution in [0.3, 0.4) is 0 Å².